The highest BCUT2D eigenvalue weighted by atomic mass is 35.5. The van der Waals surface area contributed by atoms with Gasteiger partial charge in [-0.3, -0.25) is 4.98 Å². The lowest BCUT2D eigenvalue weighted by Gasteiger charge is -2.41. The first-order valence-corrected chi connectivity index (χ1v) is 14.2. The average molecular weight is 550 g/mol. The average Bonchev–Trinajstić information content (AvgIpc) is 2.91. The number of fused-ring (bicyclic) bond motifs is 1. The molecule has 0 amide bonds. The van der Waals surface area contributed by atoms with Gasteiger partial charge in [-0.1, -0.05) is 23.2 Å². The molecule has 194 valence electrons. The van der Waals surface area contributed by atoms with Crippen LogP contribution in [0.2, 0.25) is 10.0 Å². The number of methoxy groups -OCH3 is 1. The molecule has 36 heavy (non-hydrogen) atoms. The van der Waals surface area contributed by atoms with Crippen molar-refractivity contribution in [1.82, 2.24) is 9.88 Å². The van der Waals surface area contributed by atoms with Gasteiger partial charge in [0.25, 0.3) is 0 Å². The van der Waals surface area contributed by atoms with Crippen LogP contribution in [0.4, 0.5) is 0 Å². The Balaban J connectivity index is 1.29. The van der Waals surface area contributed by atoms with Crippen LogP contribution in [-0.4, -0.2) is 59.2 Å². The van der Waals surface area contributed by atoms with Gasteiger partial charge in [-0.15, -0.1) is 11.8 Å². The van der Waals surface area contributed by atoms with Gasteiger partial charge in [-0.05, 0) is 105 Å². The van der Waals surface area contributed by atoms with Crippen molar-refractivity contribution in [2.45, 2.75) is 43.1 Å². The zero-order chi connectivity index (χ0) is 25.5. The van der Waals surface area contributed by atoms with Gasteiger partial charge >= 0.3 is 0 Å². The molecule has 8 heteroatoms. The Hall–Kier alpha value is -1.54. The monoisotopic (exact) mass is 548 g/mol. The van der Waals surface area contributed by atoms with Gasteiger partial charge in [0, 0.05) is 33.7 Å². The molecule has 1 saturated heterocycles. The quantitative estimate of drug-likeness (QED) is 0.207. The lowest BCUT2D eigenvalue weighted by atomic mass is 9.74. The van der Waals surface area contributed by atoms with E-state index in [1.54, 1.807) is 13.3 Å². The highest BCUT2D eigenvalue weighted by molar-refractivity contribution is 7.99. The van der Waals surface area contributed by atoms with E-state index in [1.807, 2.05) is 42.1 Å². The van der Waals surface area contributed by atoms with Crippen LogP contribution >= 0.6 is 35.0 Å². The fourth-order valence-electron chi connectivity index (χ4n) is 4.97. The van der Waals surface area contributed by atoms with Gasteiger partial charge in [0.05, 0.1) is 23.8 Å². The summed E-state index contributed by atoms with van der Waals surface area (Å²) in [6, 6.07) is 13.6. The zero-order valence-corrected chi connectivity index (χ0v) is 23.0. The first-order valence-electron chi connectivity index (χ1n) is 12.4. The summed E-state index contributed by atoms with van der Waals surface area (Å²) in [6.45, 7) is 3.14. The number of pyridine rings is 1. The number of hydrogen-bond donors (Lipinski definition) is 2. The molecule has 1 aliphatic heterocycles. The van der Waals surface area contributed by atoms with E-state index < -0.39 is 6.10 Å². The molecule has 0 radical (unpaired) electrons. The number of aliphatic hydroxyl groups excluding tert-OH is 2. The van der Waals surface area contributed by atoms with Crippen LogP contribution in [0.3, 0.4) is 0 Å². The summed E-state index contributed by atoms with van der Waals surface area (Å²) < 4.78 is 5.36. The van der Waals surface area contributed by atoms with Crippen LogP contribution in [0.15, 0.2) is 53.6 Å². The van der Waals surface area contributed by atoms with Crippen LogP contribution < -0.4 is 4.74 Å². The van der Waals surface area contributed by atoms with Crippen molar-refractivity contribution in [2.24, 2.45) is 5.41 Å². The van der Waals surface area contributed by atoms with E-state index in [1.165, 1.54) is 4.90 Å². The number of benzene rings is 2. The molecule has 0 unspecified atom stereocenters. The third kappa shape index (κ3) is 6.85. The molecule has 1 aromatic heterocycles. The fraction of sp³-hybridized carbons (Fsp3) is 0.464. The van der Waals surface area contributed by atoms with E-state index in [-0.39, 0.29) is 12.0 Å². The second kappa shape index (κ2) is 12.8. The molecular formula is C28H34Cl2N2O3S. The SMILES string of the molecule is COc1ccc2ncc(Cl)c([C@H](O)CCC3(CO)CCN(CCCSc4ccc(Cl)cc4)CC3)c2c1. The Morgan fingerprint density at radius 1 is 1.14 bits per heavy atom. The first-order chi connectivity index (χ1) is 17.4. The van der Waals surface area contributed by atoms with Crippen molar-refractivity contribution in [3.63, 3.8) is 0 Å². The Morgan fingerprint density at radius 3 is 2.58 bits per heavy atom. The van der Waals surface area contributed by atoms with Gasteiger partial charge in [0.1, 0.15) is 5.75 Å². The van der Waals surface area contributed by atoms with Crippen LogP contribution in [0.1, 0.15) is 43.8 Å². The third-order valence-corrected chi connectivity index (χ3v) is 8.95. The van der Waals surface area contributed by atoms with Crippen molar-refractivity contribution >= 4 is 45.9 Å². The number of aromatic nitrogens is 1. The molecule has 2 heterocycles. The number of hydrogen-bond acceptors (Lipinski definition) is 6. The molecule has 0 aliphatic carbocycles. The fourth-order valence-corrected chi connectivity index (χ4v) is 6.21. The van der Waals surface area contributed by atoms with Crippen molar-refractivity contribution in [2.75, 3.05) is 39.1 Å². The Labute approximate surface area is 227 Å². The summed E-state index contributed by atoms with van der Waals surface area (Å²) in [5.41, 5.74) is 1.29. The largest absolute Gasteiger partial charge is 0.497 e. The number of nitrogens with zero attached hydrogens (tertiary/aromatic N) is 2. The lowest BCUT2D eigenvalue weighted by molar-refractivity contribution is 0.0238. The Bertz CT molecular complexity index is 1140. The van der Waals surface area contributed by atoms with E-state index in [0.29, 0.717) is 22.8 Å². The smallest absolute Gasteiger partial charge is 0.119 e. The highest BCUT2D eigenvalue weighted by Crippen LogP contribution is 2.40. The van der Waals surface area contributed by atoms with Crippen LogP contribution in [0.25, 0.3) is 10.9 Å². The number of rotatable bonds is 11. The number of piperidine rings is 1. The molecule has 3 aromatic rings. The Kier molecular flexibility index (Phi) is 9.78. The molecule has 2 N–H and O–H groups in total. The summed E-state index contributed by atoms with van der Waals surface area (Å²) in [7, 11) is 1.62. The van der Waals surface area contributed by atoms with Crippen molar-refractivity contribution in [1.29, 1.82) is 0 Å². The van der Waals surface area contributed by atoms with Crippen molar-refractivity contribution in [3.05, 3.63) is 64.3 Å². The second-order valence-corrected chi connectivity index (χ2v) is 11.6. The van der Waals surface area contributed by atoms with Crippen LogP contribution in [0, 0.1) is 5.41 Å². The van der Waals surface area contributed by atoms with Gasteiger partial charge in [-0.25, -0.2) is 0 Å². The molecule has 1 aliphatic rings. The summed E-state index contributed by atoms with van der Waals surface area (Å²) in [4.78, 5) is 8.13. The van der Waals surface area contributed by atoms with E-state index in [9.17, 15) is 10.2 Å². The van der Waals surface area contributed by atoms with Gasteiger partial charge in [0.2, 0.25) is 0 Å². The highest BCUT2D eigenvalue weighted by Gasteiger charge is 2.34. The lowest BCUT2D eigenvalue weighted by Crippen LogP contribution is -2.42. The van der Waals surface area contributed by atoms with Crippen LogP contribution in [-0.2, 0) is 0 Å². The predicted molar refractivity (Wildman–Crippen MR) is 149 cm³/mol. The molecule has 0 saturated carbocycles. The molecule has 1 fully saturated rings. The van der Waals surface area contributed by atoms with Gasteiger partial charge in [0.15, 0.2) is 0 Å². The van der Waals surface area contributed by atoms with Gasteiger partial charge in [-0.2, -0.15) is 0 Å². The first kappa shape index (κ1) is 27.5. The zero-order valence-electron chi connectivity index (χ0n) is 20.6. The molecule has 0 bridgehead atoms. The molecule has 1 atom stereocenters. The number of thioether (sulfide) groups is 1. The standard InChI is InChI=1S/C28H34Cl2N2O3S/c1-35-21-5-8-25-23(17-21)27(24(30)18-31-25)26(34)9-10-28(19-33)11-14-32(15-12-28)13-2-16-36-22-6-3-20(29)4-7-22/h3-8,17-18,26,33-34H,2,9-16,19H2,1H3/t26-/m1/s1. The maximum atomic E-state index is 11.2. The Morgan fingerprint density at radius 2 is 1.89 bits per heavy atom. The van der Waals surface area contributed by atoms with Crippen molar-refractivity contribution in [3.8, 4) is 5.75 Å². The van der Waals surface area contributed by atoms with E-state index in [0.717, 1.165) is 67.0 Å². The van der Waals surface area contributed by atoms with E-state index in [4.69, 9.17) is 27.9 Å². The van der Waals surface area contributed by atoms with Crippen molar-refractivity contribution < 1.29 is 14.9 Å². The molecule has 0 spiro atoms. The number of ether oxygens (including phenoxy) is 1. The minimum Gasteiger partial charge on any atom is -0.497 e. The maximum absolute atomic E-state index is 11.2. The molecular weight excluding hydrogens is 515 g/mol. The van der Waals surface area contributed by atoms with Crippen LogP contribution in [0.5, 0.6) is 5.75 Å². The maximum Gasteiger partial charge on any atom is 0.119 e. The summed E-state index contributed by atoms with van der Waals surface area (Å²) in [6.07, 6.45) is 5.12. The normalized spacial score (nSPS) is 16.8. The predicted octanol–water partition coefficient (Wildman–Crippen LogP) is 6.62. The third-order valence-electron chi connectivity index (χ3n) is 7.30. The second-order valence-electron chi connectivity index (χ2n) is 9.61. The summed E-state index contributed by atoms with van der Waals surface area (Å²) in [5, 5.41) is 23.5. The minimum absolute atomic E-state index is 0.138. The molecule has 4 rings (SSSR count). The number of halogens is 2. The number of likely N-dealkylation sites (tertiary alicyclic amines) is 1. The van der Waals surface area contributed by atoms with E-state index >= 15 is 0 Å². The molecule has 5 nitrogen and oxygen atoms in total. The number of aliphatic hydroxyl groups is 2. The summed E-state index contributed by atoms with van der Waals surface area (Å²) >= 11 is 14.3. The summed E-state index contributed by atoms with van der Waals surface area (Å²) in [5.74, 6) is 1.77. The van der Waals surface area contributed by atoms with Gasteiger partial charge < -0.3 is 19.8 Å². The molecule has 2 aromatic carbocycles. The minimum atomic E-state index is -0.735. The topological polar surface area (TPSA) is 65.8 Å². The van der Waals surface area contributed by atoms with E-state index in [2.05, 4.69) is 22.0 Å².